The molecular formula is C11H14ClN3O. The van der Waals surface area contributed by atoms with Gasteiger partial charge >= 0.3 is 0 Å². The molecule has 0 amide bonds. The van der Waals surface area contributed by atoms with Crippen molar-refractivity contribution in [1.29, 1.82) is 0 Å². The monoisotopic (exact) mass is 239 g/mol. The van der Waals surface area contributed by atoms with Gasteiger partial charge in [-0.15, -0.1) is 0 Å². The SMILES string of the molecule is CN(C[C@@H]1COC(N)=N1)c1ccc(Cl)cc1. The Morgan fingerprint density at radius 3 is 2.75 bits per heavy atom. The first-order valence-electron chi connectivity index (χ1n) is 5.08. The third kappa shape index (κ3) is 2.58. The molecule has 1 atom stereocenters. The summed E-state index contributed by atoms with van der Waals surface area (Å²) in [5.74, 6) is 0. The molecule has 86 valence electrons. The number of halogens is 1. The van der Waals surface area contributed by atoms with Gasteiger partial charge in [-0.2, -0.15) is 0 Å². The molecule has 16 heavy (non-hydrogen) atoms. The van der Waals surface area contributed by atoms with Gasteiger partial charge in [0.05, 0.1) is 0 Å². The van der Waals surface area contributed by atoms with Gasteiger partial charge < -0.3 is 15.4 Å². The van der Waals surface area contributed by atoms with E-state index in [9.17, 15) is 0 Å². The highest BCUT2D eigenvalue weighted by atomic mass is 35.5. The van der Waals surface area contributed by atoms with E-state index in [1.54, 1.807) is 0 Å². The number of aliphatic imine (C=N–C) groups is 1. The maximum absolute atomic E-state index is 5.83. The number of amidine groups is 1. The number of ether oxygens (including phenoxy) is 1. The van der Waals surface area contributed by atoms with Crippen LogP contribution in [-0.2, 0) is 4.74 Å². The van der Waals surface area contributed by atoms with Crippen LogP contribution >= 0.6 is 11.6 Å². The zero-order valence-corrected chi connectivity index (χ0v) is 9.81. The fourth-order valence-electron chi connectivity index (χ4n) is 1.65. The lowest BCUT2D eigenvalue weighted by Crippen LogP contribution is -2.28. The molecule has 0 bridgehead atoms. The zero-order valence-electron chi connectivity index (χ0n) is 9.06. The fraction of sp³-hybridized carbons (Fsp3) is 0.364. The van der Waals surface area contributed by atoms with Crippen molar-refractivity contribution in [3.8, 4) is 0 Å². The number of hydrogen-bond donors (Lipinski definition) is 1. The minimum absolute atomic E-state index is 0.112. The molecule has 1 aliphatic heterocycles. The first-order chi connectivity index (χ1) is 7.65. The van der Waals surface area contributed by atoms with Crippen LogP contribution in [0, 0.1) is 0 Å². The Balaban J connectivity index is 1.97. The van der Waals surface area contributed by atoms with Gasteiger partial charge in [-0.1, -0.05) is 11.6 Å². The van der Waals surface area contributed by atoms with Crippen molar-refractivity contribution in [3.63, 3.8) is 0 Å². The second kappa shape index (κ2) is 4.61. The highest BCUT2D eigenvalue weighted by molar-refractivity contribution is 6.30. The molecule has 0 radical (unpaired) electrons. The lowest BCUT2D eigenvalue weighted by atomic mass is 10.2. The molecule has 0 unspecified atom stereocenters. The first-order valence-corrected chi connectivity index (χ1v) is 5.46. The van der Waals surface area contributed by atoms with Crippen LogP contribution in [0.1, 0.15) is 0 Å². The van der Waals surface area contributed by atoms with E-state index >= 15 is 0 Å². The van der Waals surface area contributed by atoms with Crippen molar-refractivity contribution in [1.82, 2.24) is 0 Å². The number of anilines is 1. The molecule has 2 N–H and O–H groups in total. The summed E-state index contributed by atoms with van der Waals surface area (Å²) in [5, 5.41) is 0.739. The molecule has 0 spiro atoms. The maximum atomic E-state index is 5.83. The molecule has 0 saturated carbocycles. The van der Waals surface area contributed by atoms with Crippen molar-refractivity contribution in [2.24, 2.45) is 10.7 Å². The van der Waals surface area contributed by atoms with Crippen molar-refractivity contribution >= 4 is 23.3 Å². The van der Waals surface area contributed by atoms with E-state index in [-0.39, 0.29) is 12.1 Å². The fourth-order valence-corrected chi connectivity index (χ4v) is 1.77. The molecule has 0 aromatic heterocycles. The predicted molar refractivity (Wildman–Crippen MR) is 66.1 cm³/mol. The summed E-state index contributed by atoms with van der Waals surface area (Å²) in [6.45, 7) is 1.34. The smallest absolute Gasteiger partial charge is 0.282 e. The van der Waals surface area contributed by atoms with Crippen LogP contribution < -0.4 is 10.6 Å². The third-order valence-corrected chi connectivity index (χ3v) is 2.74. The van der Waals surface area contributed by atoms with E-state index in [1.807, 2.05) is 31.3 Å². The molecule has 0 saturated heterocycles. The van der Waals surface area contributed by atoms with Gasteiger partial charge in [0, 0.05) is 24.3 Å². The zero-order chi connectivity index (χ0) is 11.5. The van der Waals surface area contributed by atoms with Crippen LogP contribution in [0.3, 0.4) is 0 Å². The summed E-state index contributed by atoms with van der Waals surface area (Å²) in [7, 11) is 2.01. The Bertz CT molecular complexity index is 391. The minimum Gasteiger partial charge on any atom is -0.463 e. The number of nitrogens with two attached hydrogens (primary N) is 1. The topological polar surface area (TPSA) is 50.9 Å². The molecule has 1 heterocycles. The van der Waals surface area contributed by atoms with Crippen molar-refractivity contribution in [3.05, 3.63) is 29.3 Å². The van der Waals surface area contributed by atoms with Gasteiger partial charge in [0.25, 0.3) is 6.02 Å². The van der Waals surface area contributed by atoms with Gasteiger partial charge in [-0.3, -0.25) is 0 Å². The van der Waals surface area contributed by atoms with Crippen molar-refractivity contribution in [2.45, 2.75) is 6.04 Å². The van der Waals surface area contributed by atoms with E-state index in [4.69, 9.17) is 22.1 Å². The lowest BCUT2D eigenvalue weighted by Gasteiger charge is -2.20. The standard InChI is InChI=1S/C11H14ClN3O/c1-15(6-9-7-16-11(13)14-9)10-4-2-8(12)3-5-10/h2-5,9H,6-7H2,1H3,(H2,13,14)/t9-/m1/s1. The molecule has 2 rings (SSSR count). The van der Waals surface area contributed by atoms with Gasteiger partial charge in [-0.25, -0.2) is 4.99 Å². The summed E-state index contributed by atoms with van der Waals surface area (Å²) >= 11 is 5.83. The van der Waals surface area contributed by atoms with E-state index in [1.165, 1.54) is 0 Å². The minimum atomic E-state index is 0.112. The highest BCUT2D eigenvalue weighted by Crippen LogP contribution is 2.17. The molecule has 1 aliphatic rings. The molecule has 4 nitrogen and oxygen atoms in total. The van der Waals surface area contributed by atoms with E-state index in [2.05, 4.69) is 9.89 Å². The van der Waals surface area contributed by atoms with E-state index in [0.29, 0.717) is 6.61 Å². The van der Waals surface area contributed by atoms with Crippen LogP contribution in [0.2, 0.25) is 5.02 Å². The predicted octanol–water partition coefficient (Wildman–Crippen LogP) is 1.49. The third-order valence-electron chi connectivity index (χ3n) is 2.49. The largest absolute Gasteiger partial charge is 0.463 e. The van der Waals surface area contributed by atoms with E-state index in [0.717, 1.165) is 17.3 Å². The first kappa shape index (κ1) is 11.1. The number of hydrogen-bond acceptors (Lipinski definition) is 4. The van der Waals surface area contributed by atoms with Crippen LogP contribution in [-0.4, -0.2) is 32.3 Å². The molecular weight excluding hydrogens is 226 g/mol. The van der Waals surface area contributed by atoms with Crippen LogP contribution in [0.15, 0.2) is 29.3 Å². The van der Waals surface area contributed by atoms with Crippen LogP contribution in [0.25, 0.3) is 0 Å². The summed E-state index contributed by atoms with van der Waals surface area (Å²) in [4.78, 5) is 6.28. The summed E-state index contributed by atoms with van der Waals surface area (Å²) < 4.78 is 5.10. The normalized spacial score (nSPS) is 19.1. The van der Waals surface area contributed by atoms with Gasteiger partial charge in [0.1, 0.15) is 12.6 Å². The summed E-state index contributed by atoms with van der Waals surface area (Å²) in [6.07, 6.45) is 0. The van der Waals surface area contributed by atoms with E-state index < -0.39 is 0 Å². The molecule has 0 fully saturated rings. The Morgan fingerprint density at radius 1 is 1.50 bits per heavy atom. The number of likely N-dealkylation sites (N-methyl/N-ethyl adjacent to an activating group) is 1. The number of rotatable bonds is 3. The number of benzene rings is 1. The summed E-state index contributed by atoms with van der Waals surface area (Å²) in [5.41, 5.74) is 6.55. The van der Waals surface area contributed by atoms with Crippen molar-refractivity contribution in [2.75, 3.05) is 25.1 Å². The second-order valence-corrected chi connectivity index (χ2v) is 4.23. The Labute approximate surface area is 99.7 Å². The Kier molecular flexibility index (Phi) is 3.19. The highest BCUT2D eigenvalue weighted by Gasteiger charge is 2.18. The van der Waals surface area contributed by atoms with Crippen LogP contribution in [0.5, 0.6) is 0 Å². The molecule has 1 aromatic rings. The summed E-state index contributed by atoms with van der Waals surface area (Å²) in [6, 6.07) is 8.10. The molecule has 0 aliphatic carbocycles. The average molecular weight is 240 g/mol. The average Bonchev–Trinajstić information content (AvgIpc) is 2.65. The Hall–Kier alpha value is -1.42. The number of nitrogens with zero attached hydrogens (tertiary/aromatic N) is 2. The maximum Gasteiger partial charge on any atom is 0.282 e. The molecule has 5 heteroatoms. The van der Waals surface area contributed by atoms with Gasteiger partial charge in [-0.05, 0) is 24.3 Å². The molecule has 1 aromatic carbocycles. The second-order valence-electron chi connectivity index (χ2n) is 3.79. The quantitative estimate of drug-likeness (QED) is 0.870. The lowest BCUT2D eigenvalue weighted by molar-refractivity contribution is 0.314. The van der Waals surface area contributed by atoms with Crippen LogP contribution in [0.4, 0.5) is 5.69 Å². The van der Waals surface area contributed by atoms with Gasteiger partial charge in [0.15, 0.2) is 0 Å². The van der Waals surface area contributed by atoms with Gasteiger partial charge in [0.2, 0.25) is 0 Å². The van der Waals surface area contributed by atoms with Crippen molar-refractivity contribution < 1.29 is 4.74 Å². The Morgan fingerprint density at radius 2 is 2.19 bits per heavy atom.